The lowest BCUT2D eigenvalue weighted by Crippen LogP contribution is -2.21. The Morgan fingerprint density at radius 3 is 2.04 bits per heavy atom. The van der Waals surface area contributed by atoms with Crippen molar-refractivity contribution in [2.45, 2.75) is 51.9 Å². The quantitative estimate of drug-likeness (QED) is 0.522. The average Bonchev–Trinajstić information content (AvgIpc) is 2.62. The summed E-state index contributed by atoms with van der Waals surface area (Å²) in [7, 11) is 0. The zero-order chi connectivity index (χ0) is 18.8. The van der Waals surface area contributed by atoms with Crippen molar-refractivity contribution in [2.24, 2.45) is 0 Å². The average molecular weight is 344 g/mol. The number of benzene rings is 2. The van der Waals surface area contributed by atoms with E-state index in [0.717, 1.165) is 17.8 Å². The lowest BCUT2D eigenvalue weighted by atomic mass is 9.80. The van der Waals surface area contributed by atoms with E-state index in [1.807, 2.05) is 0 Å². The maximum absolute atomic E-state index is 4.98. The second-order valence-electron chi connectivity index (χ2n) is 8.77. The van der Waals surface area contributed by atoms with E-state index >= 15 is 0 Å². The van der Waals surface area contributed by atoms with Crippen molar-refractivity contribution in [3.05, 3.63) is 89.6 Å². The SMILES string of the molecule is CC(C)(C)c1cccc(-c2cccc(CC(C)(C)c3ccccc3)n2)c1. The molecule has 0 aliphatic rings. The van der Waals surface area contributed by atoms with E-state index < -0.39 is 0 Å². The first-order chi connectivity index (χ1) is 12.3. The topological polar surface area (TPSA) is 12.9 Å². The molecule has 3 rings (SSSR count). The van der Waals surface area contributed by atoms with Crippen LogP contribution in [0.5, 0.6) is 0 Å². The van der Waals surface area contributed by atoms with Gasteiger partial charge in [0.25, 0.3) is 0 Å². The van der Waals surface area contributed by atoms with Crippen LogP contribution in [-0.4, -0.2) is 4.98 Å². The number of aromatic nitrogens is 1. The van der Waals surface area contributed by atoms with Crippen LogP contribution in [-0.2, 0) is 17.3 Å². The molecule has 0 saturated heterocycles. The zero-order valence-electron chi connectivity index (χ0n) is 16.6. The lowest BCUT2D eigenvalue weighted by Gasteiger charge is -2.25. The van der Waals surface area contributed by atoms with Crippen molar-refractivity contribution < 1.29 is 0 Å². The van der Waals surface area contributed by atoms with E-state index in [1.165, 1.54) is 16.7 Å². The number of hydrogen-bond acceptors (Lipinski definition) is 1. The van der Waals surface area contributed by atoms with Crippen molar-refractivity contribution in [3.63, 3.8) is 0 Å². The molecular formula is C25H29N. The summed E-state index contributed by atoms with van der Waals surface area (Å²) in [5.41, 5.74) is 6.27. The molecule has 0 fully saturated rings. The Labute approximate surface area is 158 Å². The van der Waals surface area contributed by atoms with Crippen LogP contribution < -0.4 is 0 Å². The minimum atomic E-state index is 0.0557. The maximum Gasteiger partial charge on any atom is 0.0705 e. The molecule has 1 nitrogen and oxygen atoms in total. The molecule has 2 aromatic carbocycles. The molecule has 0 amide bonds. The summed E-state index contributed by atoms with van der Waals surface area (Å²) in [4.78, 5) is 4.98. The summed E-state index contributed by atoms with van der Waals surface area (Å²) >= 11 is 0. The van der Waals surface area contributed by atoms with Crippen molar-refractivity contribution in [2.75, 3.05) is 0 Å². The van der Waals surface area contributed by atoms with Gasteiger partial charge in [0.2, 0.25) is 0 Å². The Morgan fingerprint density at radius 2 is 1.35 bits per heavy atom. The first-order valence-electron chi connectivity index (χ1n) is 9.38. The smallest absolute Gasteiger partial charge is 0.0705 e. The molecule has 0 atom stereocenters. The summed E-state index contributed by atoms with van der Waals surface area (Å²) in [5.74, 6) is 0. The molecule has 134 valence electrons. The zero-order valence-corrected chi connectivity index (χ0v) is 16.6. The Hall–Kier alpha value is -2.41. The van der Waals surface area contributed by atoms with Crippen molar-refractivity contribution in [1.29, 1.82) is 0 Å². The fourth-order valence-corrected chi connectivity index (χ4v) is 3.33. The van der Waals surface area contributed by atoms with Gasteiger partial charge in [-0.3, -0.25) is 4.98 Å². The van der Waals surface area contributed by atoms with Crippen LogP contribution in [0.3, 0.4) is 0 Å². The minimum Gasteiger partial charge on any atom is -0.253 e. The monoisotopic (exact) mass is 343 g/mol. The highest BCUT2D eigenvalue weighted by Gasteiger charge is 2.22. The normalized spacial score (nSPS) is 12.2. The molecule has 3 aromatic rings. The van der Waals surface area contributed by atoms with Gasteiger partial charge in [0.15, 0.2) is 0 Å². The maximum atomic E-state index is 4.98. The molecule has 0 spiro atoms. The molecule has 1 heteroatoms. The van der Waals surface area contributed by atoms with Gasteiger partial charge >= 0.3 is 0 Å². The summed E-state index contributed by atoms with van der Waals surface area (Å²) in [5, 5.41) is 0. The van der Waals surface area contributed by atoms with E-state index in [1.54, 1.807) is 0 Å². The molecule has 0 N–H and O–H groups in total. The Morgan fingerprint density at radius 1 is 0.692 bits per heavy atom. The van der Waals surface area contributed by atoms with Crippen LogP contribution in [0.15, 0.2) is 72.8 Å². The van der Waals surface area contributed by atoms with Crippen molar-refractivity contribution in [3.8, 4) is 11.3 Å². The number of hydrogen-bond donors (Lipinski definition) is 0. The molecule has 26 heavy (non-hydrogen) atoms. The molecule has 0 bridgehead atoms. The molecule has 0 aliphatic carbocycles. The van der Waals surface area contributed by atoms with Crippen molar-refractivity contribution in [1.82, 2.24) is 4.98 Å². The molecule has 0 unspecified atom stereocenters. The Bertz CT molecular complexity index is 870. The number of rotatable bonds is 4. The predicted molar refractivity (Wildman–Crippen MR) is 112 cm³/mol. The molecule has 1 heterocycles. The highest BCUT2D eigenvalue weighted by Crippen LogP contribution is 2.29. The van der Waals surface area contributed by atoms with E-state index in [0.29, 0.717) is 0 Å². The summed E-state index contributed by atoms with van der Waals surface area (Å²) < 4.78 is 0. The van der Waals surface area contributed by atoms with Gasteiger partial charge in [0, 0.05) is 11.3 Å². The molecule has 1 aromatic heterocycles. The highest BCUT2D eigenvalue weighted by molar-refractivity contribution is 5.60. The van der Waals surface area contributed by atoms with Crippen LogP contribution >= 0.6 is 0 Å². The second-order valence-corrected chi connectivity index (χ2v) is 8.77. The molecular weight excluding hydrogens is 314 g/mol. The first-order valence-corrected chi connectivity index (χ1v) is 9.38. The van der Waals surface area contributed by atoms with Crippen LogP contribution in [0.1, 0.15) is 51.4 Å². The predicted octanol–water partition coefficient (Wildman–Crippen LogP) is 6.57. The molecule has 0 aliphatic heterocycles. The Kier molecular flexibility index (Phi) is 5.00. The third kappa shape index (κ3) is 4.22. The minimum absolute atomic E-state index is 0.0557. The van der Waals surface area contributed by atoms with Gasteiger partial charge in [-0.1, -0.05) is 89.2 Å². The third-order valence-corrected chi connectivity index (χ3v) is 5.01. The van der Waals surface area contributed by atoms with E-state index in [2.05, 4.69) is 107 Å². The second kappa shape index (κ2) is 7.07. The van der Waals surface area contributed by atoms with Gasteiger partial charge in [-0.15, -0.1) is 0 Å². The van der Waals surface area contributed by atoms with Crippen LogP contribution in [0, 0.1) is 0 Å². The van der Waals surface area contributed by atoms with E-state index in [4.69, 9.17) is 4.98 Å². The highest BCUT2D eigenvalue weighted by atomic mass is 14.7. The summed E-state index contributed by atoms with van der Waals surface area (Å²) in [6, 6.07) is 25.8. The van der Waals surface area contributed by atoms with E-state index in [-0.39, 0.29) is 10.8 Å². The van der Waals surface area contributed by atoms with Gasteiger partial charge < -0.3 is 0 Å². The van der Waals surface area contributed by atoms with Gasteiger partial charge in [0.1, 0.15) is 0 Å². The third-order valence-electron chi connectivity index (χ3n) is 5.01. The number of pyridine rings is 1. The standard InChI is InChI=1S/C25H29N/c1-24(2,3)21-14-9-11-19(17-21)23-16-10-15-22(26-23)18-25(4,5)20-12-7-6-8-13-20/h6-17H,18H2,1-5H3. The summed E-state index contributed by atoms with van der Waals surface area (Å²) in [6.45, 7) is 11.3. The summed E-state index contributed by atoms with van der Waals surface area (Å²) in [6.07, 6.45) is 0.920. The van der Waals surface area contributed by atoms with Crippen LogP contribution in [0.4, 0.5) is 0 Å². The first kappa shape index (κ1) is 18.4. The van der Waals surface area contributed by atoms with Crippen LogP contribution in [0.2, 0.25) is 0 Å². The molecule has 0 saturated carbocycles. The van der Waals surface area contributed by atoms with Gasteiger partial charge in [0.05, 0.1) is 5.69 Å². The van der Waals surface area contributed by atoms with Crippen molar-refractivity contribution >= 4 is 0 Å². The lowest BCUT2D eigenvalue weighted by molar-refractivity contribution is 0.515. The fourth-order valence-electron chi connectivity index (χ4n) is 3.33. The van der Waals surface area contributed by atoms with Gasteiger partial charge in [-0.25, -0.2) is 0 Å². The Balaban J connectivity index is 1.90. The largest absolute Gasteiger partial charge is 0.253 e. The number of nitrogens with zero attached hydrogens (tertiary/aromatic N) is 1. The van der Waals surface area contributed by atoms with Gasteiger partial charge in [-0.2, -0.15) is 0 Å². The van der Waals surface area contributed by atoms with Gasteiger partial charge in [-0.05, 0) is 46.6 Å². The molecule has 0 radical (unpaired) electrons. The van der Waals surface area contributed by atoms with E-state index in [9.17, 15) is 0 Å². The van der Waals surface area contributed by atoms with Crippen LogP contribution in [0.25, 0.3) is 11.3 Å². The fraction of sp³-hybridized carbons (Fsp3) is 0.320.